The number of phenols is 3. The molecule has 1 unspecified atom stereocenters. The van der Waals surface area contributed by atoms with Crippen molar-refractivity contribution in [3.05, 3.63) is 51.3 Å². The van der Waals surface area contributed by atoms with E-state index in [4.69, 9.17) is 0 Å². The summed E-state index contributed by atoms with van der Waals surface area (Å²) in [6.07, 6.45) is 0.431. The molecule has 2 aromatic rings. The molecule has 2 aromatic carbocycles. The maximum atomic E-state index is 13.9. The van der Waals surface area contributed by atoms with Gasteiger partial charge < -0.3 is 20.6 Å². The van der Waals surface area contributed by atoms with E-state index in [0.29, 0.717) is 30.6 Å². The molecule has 0 radical (unpaired) electrons. The van der Waals surface area contributed by atoms with Gasteiger partial charge in [0, 0.05) is 36.6 Å². The van der Waals surface area contributed by atoms with Crippen molar-refractivity contribution in [3.8, 4) is 17.2 Å². The van der Waals surface area contributed by atoms with Crippen LogP contribution >= 0.6 is 0 Å². The molecule has 0 saturated carbocycles. The lowest BCUT2D eigenvalue weighted by Gasteiger charge is -2.36. The Labute approximate surface area is 126 Å². The Morgan fingerprint density at radius 1 is 1.09 bits per heavy atom. The van der Waals surface area contributed by atoms with Gasteiger partial charge in [0.25, 0.3) is 0 Å². The maximum Gasteiger partial charge on any atom is 0.194 e. The van der Waals surface area contributed by atoms with Crippen molar-refractivity contribution in [1.29, 1.82) is 0 Å². The third-order valence-electron chi connectivity index (χ3n) is 4.88. The second-order valence-corrected chi connectivity index (χ2v) is 6.07. The van der Waals surface area contributed by atoms with Crippen LogP contribution in [-0.4, -0.2) is 21.9 Å². The van der Waals surface area contributed by atoms with E-state index < -0.39 is 11.6 Å². The van der Waals surface area contributed by atoms with Crippen molar-refractivity contribution in [1.82, 2.24) is 5.32 Å². The maximum absolute atomic E-state index is 13.9. The van der Waals surface area contributed by atoms with Gasteiger partial charge in [-0.25, -0.2) is 4.39 Å². The van der Waals surface area contributed by atoms with Crippen molar-refractivity contribution >= 4 is 0 Å². The minimum absolute atomic E-state index is 0.130. The highest BCUT2D eigenvalue weighted by molar-refractivity contribution is 5.64. The summed E-state index contributed by atoms with van der Waals surface area (Å²) >= 11 is 0. The molecule has 0 saturated heterocycles. The summed E-state index contributed by atoms with van der Waals surface area (Å²) in [7, 11) is 0. The van der Waals surface area contributed by atoms with Crippen molar-refractivity contribution in [2.45, 2.75) is 25.8 Å². The molecular formula is C17H16FNO3. The van der Waals surface area contributed by atoms with Crippen LogP contribution in [-0.2, 0) is 13.0 Å². The largest absolute Gasteiger partial charge is 0.508 e. The van der Waals surface area contributed by atoms with E-state index in [-0.39, 0.29) is 17.4 Å². The Morgan fingerprint density at radius 3 is 2.64 bits per heavy atom. The van der Waals surface area contributed by atoms with Crippen molar-refractivity contribution in [3.63, 3.8) is 0 Å². The highest BCUT2D eigenvalue weighted by Crippen LogP contribution is 2.48. The highest BCUT2D eigenvalue weighted by atomic mass is 19.1. The highest BCUT2D eigenvalue weighted by Gasteiger charge is 2.35. The molecule has 5 heteroatoms. The zero-order valence-corrected chi connectivity index (χ0v) is 12.1. The van der Waals surface area contributed by atoms with Crippen molar-refractivity contribution in [2.24, 2.45) is 0 Å². The predicted octanol–water partition coefficient (Wildman–Crippen LogP) is 2.39. The van der Waals surface area contributed by atoms with Gasteiger partial charge in [-0.1, -0.05) is 0 Å². The lowest BCUT2D eigenvalue weighted by atomic mass is 9.72. The smallest absolute Gasteiger partial charge is 0.194 e. The van der Waals surface area contributed by atoms with Crippen LogP contribution in [0.1, 0.15) is 39.3 Å². The molecule has 0 amide bonds. The summed E-state index contributed by atoms with van der Waals surface area (Å²) < 4.78 is 13.9. The molecule has 22 heavy (non-hydrogen) atoms. The molecule has 0 aromatic heterocycles. The minimum atomic E-state index is -0.816. The normalized spacial score (nSPS) is 18.7. The van der Waals surface area contributed by atoms with Crippen LogP contribution in [0.3, 0.4) is 0 Å². The Morgan fingerprint density at radius 2 is 1.86 bits per heavy atom. The monoisotopic (exact) mass is 301 g/mol. The van der Waals surface area contributed by atoms with Crippen LogP contribution in [0.4, 0.5) is 4.39 Å². The standard InChI is InChI=1S/C17H16FNO3/c1-7-2-14(20)12-6-19-5-11-9-4-13(18)17(22)16(21)10(9)3-8(7)15(11)12/h2,4,11,19-22H,3,5-6H2,1H3. The summed E-state index contributed by atoms with van der Waals surface area (Å²) in [4.78, 5) is 0. The fraction of sp³-hybridized carbons (Fsp3) is 0.294. The molecule has 4 nitrogen and oxygen atoms in total. The first-order valence-corrected chi connectivity index (χ1v) is 7.27. The fourth-order valence-electron chi connectivity index (χ4n) is 3.82. The number of phenolic OH excluding ortho intramolecular Hbond substituents is 3. The molecule has 1 atom stereocenters. The number of rotatable bonds is 0. The lowest BCUT2D eigenvalue weighted by Crippen LogP contribution is -2.33. The third-order valence-corrected chi connectivity index (χ3v) is 4.88. The summed E-state index contributed by atoms with van der Waals surface area (Å²) in [5, 5.41) is 33.2. The molecule has 0 bridgehead atoms. The van der Waals surface area contributed by atoms with Gasteiger partial charge in [0.1, 0.15) is 5.75 Å². The third kappa shape index (κ3) is 1.60. The number of halogens is 1. The second-order valence-electron chi connectivity index (χ2n) is 6.07. The van der Waals surface area contributed by atoms with E-state index in [9.17, 15) is 19.7 Å². The summed E-state index contributed by atoms with van der Waals surface area (Å²) in [6.45, 7) is 3.10. The van der Waals surface area contributed by atoms with E-state index in [2.05, 4.69) is 5.32 Å². The van der Waals surface area contributed by atoms with Crippen LogP contribution in [0, 0.1) is 12.7 Å². The van der Waals surface area contributed by atoms with Gasteiger partial charge in [-0.2, -0.15) is 0 Å². The summed E-state index contributed by atoms with van der Waals surface area (Å²) in [6, 6.07) is 3.03. The van der Waals surface area contributed by atoms with Gasteiger partial charge >= 0.3 is 0 Å². The lowest BCUT2D eigenvalue weighted by molar-refractivity contribution is 0.373. The molecule has 2 aliphatic rings. The molecule has 114 valence electrons. The Kier molecular flexibility index (Phi) is 2.66. The number of fused-ring (bicyclic) bond motifs is 2. The molecule has 1 aliphatic carbocycles. The van der Waals surface area contributed by atoms with Gasteiger partial charge in [-0.05, 0) is 41.3 Å². The number of nitrogens with one attached hydrogen (secondary N) is 1. The zero-order chi connectivity index (χ0) is 15.6. The van der Waals surface area contributed by atoms with Gasteiger partial charge in [-0.3, -0.25) is 0 Å². The topological polar surface area (TPSA) is 72.7 Å². The first-order valence-electron chi connectivity index (χ1n) is 7.27. The Balaban J connectivity index is 2.04. The van der Waals surface area contributed by atoms with Crippen LogP contribution in [0.5, 0.6) is 17.2 Å². The first-order chi connectivity index (χ1) is 10.5. The average Bonchev–Trinajstić information content (AvgIpc) is 2.50. The van der Waals surface area contributed by atoms with Crippen LogP contribution in [0.2, 0.25) is 0 Å². The van der Waals surface area contributed by atoms with Gasteiger partial charge in [0.05, 0.1) is 0 Å². The van der Waals surface area contributed by atoms with E-state index >= 15 is 0 Å². The molecule has 1 aliphatic heterocycles. The molecule has 0 fully saturated rings. The molecule has 4 N–H and O–H groups in total. The van der Waals surface area contributed by atoms with E-state index in [0.717, 1.165) is 22.3 Å². The number of aryl methyl sites for hydroxylation is 1. The van der Waals surface area contributed by atoms with Gasteiger partial charge in [0.2, 0.25) is 0 Å². The Bertz CT molecular complexity index is 817. The number of hydrogen-bond donors (Lipinski definition) is 4. The molecule has 1 heterocycles. The van der Waals surface area contributed by atoms with E-state index in [1.165, 1.54) is 6.07 Å². The number of aromatic hydroxyl groups is 3. The number of hydrogen-bond acceptors (Lipinski definition) is 4. The minimum Gasteiger partial charge on any atom is -0.508 e. The van der Waals surface area contributed by atoms with E-state index in [1.54, 1.807) is 6.07 Å². The molecular weight excluding hydrogens is 285 g/mol. The van der Waals surface area contributed by atoms with Crippen molar-refractivity contribution < 1.29 is 19.7 Å². The molecule has 4 rings (SSSR count). The van der Waals surface area contributed by atoms with E-state index in [1.807, 2.05) is 6.92 Å². The second kappa shape index (κ2) is 4.36. The quantitative estimate of drug-likeness (QED) is 0.564. The van der Waals surface area contributed by atoms with Gasteiger partial charge in [-0.15, -0.1) is 0 Å². The van der Waals surface area contributed by atoms with Gasteiger partial charge in [0.15, 0.2) is 17.3 Å². The zero-order valence-electron chi connectivity index (χ0n) is 12.1. The summed E-state index contributed by atoms with van der Waals surface area (Å²) in [5.74, 6) is -1.76. The van der Waals surface area contributed by atoms with Crippen LogP contribution in [0.25, 0.3) is 0 Å². The average molecular weight is 301 g/mol. The first kappa shape index (κ1) is 13.4. The molecule has 0 spiro atoms. The van der Waals surface area contributed by atoms with Crippen LogP contribution < -0.4 is 5.32 Å². The number of benzene rings is 2. The van der Waals surface area contributed by atoms with Crippen molar-refractivity contribution in [2.75, 3.05) is 6.54 Å². The SMILES string of the molecule is Cc1cc(O)c2c3c1Cc1c(cc(F)c(O)c1O)C3CNC2. The summed E-state index contributed by atoms with van der Waals surface area (Å²) in [5.41, 5.74) is 5.12. The van der Waals surface area contributed by atoms with Crippen LogP contribution in [0.15, 0.2) is 12.1 Å². The fourth-order valence-corrected chi connectivity index (χ4v) is 3.82. The predicted molar refractivity (Wildman–Crippen MR) is 78.9 cm³/mol. The Hall–Kier alpha value is -2.27.